The fraction of sp³-hybridized carbons (Fsp3) is 0.154. The fourth-order valence-electron chi connectivity index (χ4n) is 1.98. The largest absolute Gasteiger partial charge is 0.382 e. The Kier molecular flexibility index (Phi) is 3.16. The molecule has 0 fully saturated rings. The average Bonchev–Trinajstić information content (AvgIpc) is 2.85. The molecule has 0 amide bonds. The van der Waals surface area contributed by atoms with Gasteiger partial charge in [-0.25, -0.2) is 15.0 Å². The third-order valence-electron chi connectivity index (χ3n) is 2.96. The van der Waals surface area contributed by atoms with Gasteiger partial charge in [-0.1, -0.05) is 6.07 Å². The zero-order chi connectivity index (χ0) is 13.9. The second-order valence-corrected chi connectivity index (χ2v) is 4.23. The van der Waals surface area contributed by atoms with Crippen LogP contribution in [-0.4, -0.2) is 24.5 Å². The first-order chi connectivity index (χ1) is 9.79. The van der Waals surface area contributed by atoms with Crippen LogP contribution in [0.4, 0.5) is 11.8 Å². The van der Waals surface area contributed by atoms with E-state index in [1.54, 1.807) is 12.4 Å². The molecule has 20 heavy (non-hydrogen) atoms. The fourth-order valence-corrected chi connectivity index (χ4v) is 1.98. The molecule has 3 rings (SSSR count). The minimum Gasteiger partial charge on any atom is -0.382 e. The minimum atomic E-state index is 0.367. The molecule has 101 valence electrons. The van der Waals surface area contributed by atoms with Gasteiger partial charge in [0.2, 0.25) is 5.95 Å². The highest BCUT2D eigenvalue weighted by atomic mass is 15.2. The van der Waals surface area contributed by atoms with Crippen LogP contribution in [0, 0.1) is 6.92 Å². The highest BCUT2D eigenvalue weighted by molar-refractivity contribution is 5.83. The predicted molar refractivity (Wildman–Crippen MR) is 76.7 cm³/mol. The van der Waals surface area contributed by atoms with Crippen LogP contribution in [0.1, 0.15) is 5.56 Å². The number of pyridine rings is 1. The summed E-state index contributed by atoms with van der Waals surface area (Å²) in [6.07, 6.45) is 4.97. The lowest BCUT2D eigenvalue weighted by Gasteiger charge is -2.07. The lowest BCUT2D eigenvalue weighted by molar-refractivity contribution is 0.830. The lowest BCUT2D eigenvalue weighted by Crippen LogP contribution is -2.07. The van der Waals surface area contributed by atoms with E-state index in [0.717, 1.165) is 5.56 Å². The zero-order valence-corrected chi connectivity index (χ0v) is 10.8. The van der Waals surface area contributed by atoms with Crippen LogP contribution in [0.2, 0.25) is 0 Å². The van der Waals surface area contributed by atoms with Crippen molar-refractivity contribution in [3.8, 4) is 0 Å². The van der Waals surface area contributed by atoms with Crippen molar-refractivity contribution in [2.75, 3.05) is 11.1 Å². The van der Waals surface area contributed by atoms with E-state index in [4.69, 9.17) is 5.73 Å². The number of imidazole rings is 1. The van der Waals surface area contributed by atoms with Crippen LogP contribution in [0.25, 0.3) is 11.2 Å². The normalized spacial score (nSPS) is 10.8. The van der Waals surface area contributed by atoms with Gasteiger partial charge in [0.25, 0.3) is 0 Å². The quantitative estimate of drug-likeness (QED) is 0.739. The Hall–Kier alpha value is -2.70. The first-order valence-electron chi connectivity index (χ1n) is 6.18. The van der Waals surface area contributed by atoms with Gasteiger partial charge >= 0.3 is 0 Å². The number of nitrogens with one attached hydrogen (secondary N) is 1. The number of fused-ring (bicyclic) bond motifs is 1. The van der Waals surface area contributed by atoms with Crippen LogP contribution < -0.4 is 11.1 Å². The van der Waals surface area contributed by atoms with Crippen LogP contribution in [0.15, 0.2) is 30.9 Å². The Labute approximate surface area is 115 Å². The van der Waals surface area contributed by atoms with Gasteiger partial charge in [-0.05, 0) is 18.6 Å². The van der Waals surface area contributed by atoms with Crippen molar-refractivity contribution in [2.24, 2.45) is 0 Å². The maximum atomic E-state index is 5.82. The molecule has 0 aliphatic heterocycles. The predicted octanol–water partition coefficient (Wildman–Crippen LogP) is 1.25. The van der Waals surface area contributed by atoms with Crippen LogP contribution in [0.5, 0.6) is 0 Å². The number of hydrogen-bond acceptors (Lipinski definition) is 6. The van der Waals surface area contributed by atoms with E-state index in [0.29, 0.717) is 36.0 Å². The van der Waals surface area contributed by atoms with Crippen molar-refractivity contribution < 1.29 is 0 Å². The Balaban J connectivity index is 1.93. The van der Waals surface area contributed by atoms with Gasteiger partial charge in [-0.3, -0.25) is 9.55 Å². The number of nitrogens with two attached hydrogens (primary N) is 1. The highest BCUT2D eigenvalue weighted by Crippen LogP contribution is 2.21. The third-order valence-corrected chi connectivity index (χ3v) is 2.96. The van der Waals surface area contributed by atoms with E-state index in [-0.39, 0.29) is 0 Å². The molecule has 7 heteroatoms. The van der Waals surface area contributed by atoms with Crippen molar-refractivity contribution in [1.29, 1.82) is 0 Å². The second kappa shape index (κ2) is 5.12. The standard InChI is InChI=1S/C13H14N7/c1-2-20-12-10(11(14)17-8-18-12)19-13(20)16-7-9-4-3-5-15-6-9/h3-6,8H,1-2,7H2,(H,16,19)(H2,14,17,18). The van der Waals surface area contributed by atoms with Gasteiger partial charge in [-0.2, -0.15) is 0 Å². The number of aromatic nitrogens is 5. The molecule has 1 radical (unpaired) electrons. The van der Waals surface area contributed by atoms with E-state index >= 15 is 0 Å². The van der Waals surface area contributed by atoms with E-state index in [9.17, 15) is 0 Å². The van der Waals surface area contributed by atoms with E-state index in [1.807, 2.05) is 16.7 Å². The summed E-state index contributed by atoms with van der Waals surface area (Å²) in [5, 5.41) is 3.25. The van der Waals surface area contributed by atoms with Gasteiger partial charge in [0, 0.05) is 25.5 Å². The number of nitrogens with zero attached hydrogens (tertiary/aromatic N) is 5. The second-order valence-electron chi connectivity index (χ2n) is 4.23. The average molecular weight is 268 g/mol. The van der Waals surface area contributed by atoms with Crippen molar-refractivity contribution in [2.45, 2.75) is 13.1 Å². The van der Waals surface area contributed by atoms with Gasteiger partial charge in [-0.15, -0.1) is 0 Å². The molecule has 0 aromatic carbocycles. The number of hydrogen-bond donors (Lipinski definition) is 2. The van der Waals surface area contributed by atoms with Crippen LogP contribution >= 0.6 is 0 Å². The molecule has 0 unspecified atom stereocenters. The topological polar surface area (TPSA) is 94.5 Å². The number of nitrogen functional groups attached to an aromatic ring is 1. The summed E-state index contributed by atoms with van der Waals surface area (Å²) in [4.78, 5) is 16.7. The van der Waals surface area contributed by atoms with Gasteiger partial charge in [0.1, 0.15) is 6.33 Å². The number of anilines is 2. The summed E-state index contributed by atoms with van der Waals surface area (Å²) in [7, 11) is 0. The Morgan fingerprint density at radius 2 is 2.25 bits per heavy atom. The highest BCUT2D eigenvalue weighted by Gasteiger charge is 2.13. The molecule has 0 bridgehead atoms. The molecule has 0 saturated heterocycles. The molecule has 3 N–H and O–H groups in total. The molecule has 0 aliphatic rings. The summed E-state index contributed by atoms with van der Waals surface area (Å²) in [5.74, 6) is 1.04. The lowest BCUT2D eigenvalue weighted by atomic mass is 10.3. The van der Waals surface area contributed by atoms with Crippen molar-refractivity contribution >= 4 is 22.9 Å². The molecule has 0 atom stereocenters. The van der Waals surface area contributed by atoms with Crippen molar-refractivity contribution in [3.05, 3.63) is 43.3 Å². The molecule has 7 nitrogen and oxygen atoms in total. The first kappa shape index (κ1) is 12.3. The van der Waals surface area contributed by atoms with Crippen LogP contribution in [0.3, 0.4) is 0 Å². The maximum absolute atomic E-state index is 5.82. The Bertz CT molecular complexity index is 720. The van der Waals surface area contributed by atoms with Crippen LogP contribution in [-0.2, 0) is 13.1 Å². The molecular weight excluding hydrogens is 254 g/mol. The van der Waals surface area contributed by atoms with Gasteiger partial charge in [0.05, 0.1) is 0 Å². The van der Waals surface area contributed by atoms with E-state index in [1.165, 1.54) is 6.33 Å². The molecular formula is C13H14N7. The maximum Gasteiger partial charge on any atom is 0.205 e. The number of rotatable bonds is 4. The molecule has 3 heterocycles. The first-order valence-corrected chi connectivity index (χ1v) is 6.18. The minimum absolute atomic E-state index is 0.367. The third kappa shape index (κ3) is 2.13. The summed E-state index contributed by atoms with van der Waals surface area (Å²) in [5.41, 5.74) is 8.15. The van der Waals surface area contributed by atoms with Crippen molar-refractivity contribution in [1.82, 2.24) is 24.5 Å². The van der Waals surface area contributed by atoms with E-state index in [2.05, 4.69) is 32.2 Å². The van der Waals surface area contributed by atoms with E-state index < -0.39 is 0 Å². The summed E-state index contributed by atoms with van der Waals surface area (Å²) < 4.78 is 1.86. The monoisotopic (exact) mass is 268 g/mol. The SMILES string of the molecule is [CH2]Cn1c(NCc2cccnc2)nc2c(N)ncnc21. The summed E-state index contributed by atoms with van der Waals surface area (Å²) in [6.45, 7) is 5.01. The zero-order valence-electron chi connectivity index (χ0n) is 10.8. The molecule has 3 aromatic rings. The Morgan fingerprint density at radius 3 is 3.00 bits per heavy atom. The van der Waals surface area contributed by atoms with Gasteiger partial charge < -0.3 is 11.1 Å². The smallest absolute Gasteiger partial charge is 0.205 e. The summed E-state index contributed by atoms with van der Waals surface area (Å²) >= 11 is 0. The van der Waals surface area contributed by atoms with Crippen molar-refractivity contribution in [3.63, 3.8) is 0 Å². The molecule has 3 aromatic heterocycles. The Morgan fingerprint density at radius 1 is 1.35 bits per heavy atom. The molecule has 0 saturated carbocycles. The molecule has 0 aliphatic carbocycles. The molecule has 0 spiro atoms. The summed E-state index contributed by atoms with van der Waals surface area (Å²) in [6, 6.07) is 3.89. The van der Waals surface area contributed by atoms with Gasteiger partial charge in [0.15, 0.2) is 17.0 Å².